The zero-order valence-electron chi connectivity index (χ0n) is 18.2. The number of aryl methyl sites for hydroxylation is 2. The first-order valence-corrected chi connectivity index (χ1v) is 11.3. The number of para-hydroxylation sites is 2. The number of thioether (sulfide) groups is 1. The zero-order valence-corrected chi connectivity index (χ0v) is 19.0. The molecule has 0 radical (unpaired) electrons. The third-order valence-corrected chi connectivity index (χ3v) is 6.22. The first-order valence-electron chi connectivity index (χ1n) is 10.5. The van der Waals surface area contributed by atoms with Crippen LogP contribution in [0.3, 0.4) is 0 Å². The van der Waals surface area contributed by atoms with Gasteiger partial charge in [0.15, 0.2) is 5.17 Å². The molecular formula is C26H21N5OS. The molecule has 1 saturated heterocycles. The lowest BCUT2D eigenvalue weighted by atomic mass is 10.1. The lowest BCUT2D eigenvalue weighted by Crippen LogP contribution is -2.19. The number of carbonyl (C=O) groups is 1. The first-order chi connectivity index (χ1) is 16.1. The lowest BCUT2D eigenvalue weighted by Gasteiger charge is -2.04. The summed E-state index contributed by atoms with van der Waals surface area (Å²) in [7, 11) is 0. The predicted molar refractivity (Wildman–Crippen MR) is 134 cm³/mol. The van der Waals surface area contributed by atoms with E-state index in [0.717, 1.165) is 39.3 Å². The maximum atomic E-state index is 12.8. The van der Waals surface area contributed by atoms with E-state index >= 15 is 0 Å². The van der Waals surface area contributed by atoms with Crippen molar-refractivity contribution in [2.45, 2.75) is 13.8 Å². The Kier molecular flexibility index (Phi) is 5.62. The average Bonchev–Trinajstić information content (AvgIpc) is 3.41. The summed E-state index contributed by atoms with van der Waals surface area (Å²) < 4.78 is 1.82. The Balaban J connectivity index is 1.54. The molecule has 4 aromatic rings. The van der Waals surface area contributed by atoms with Gasteiger partial charge in [0.25, 0.3) is 5.91 Å². The monoisotopic (exact) mass is 451 g/mol. The molecule has 2 aromatic carbocycles. The highest BCUT2D eigenvalue weighted by Crippen LogP contribution is 2.33. The van der Waals surface area contributed by atoms with E-state index in [-0.39, 0.29) is 5.91 Å². The van der Waals surface area contributed by atoms with Gasteiger partial charge in [-0.3, -0.25) is 9.78 Å². The lowest BCUT2D eigenvalue weighted by molar-refractivity contribution is -0.115. The summed E-state index contributed by atoms with van der Waals surface area (Å²) in [5.41, 5.74) is 6.52. The third kappa shape index (κ3) is 4.36. The minimum Gasteiger partial charge on any atom is -0.300 e. The zero-order chi connectivity index (χ0) is 22.8. The number of amidine groups is 1. The molecule has 1 N–H and O–H groups in total. The summed E-state index contributed by atoms with van der Waals surface area (Å²) in [6.07, 6.45) is 7.28. The van der Waals surface area contributed by atoms with Gasteiger partial charge in [-0.05, 0) is 67.1 Å². The maximum Gasteiger partial charge on any atom is 0.264 e. The van der Waals surface area contributed by atoms with Crippen molar-refractivity contribution in [3.63, 3.8) is 0 Å². The van der Waals surface area contributed by atoms with E-state index in [1.807, 2.05) is 91.5 Å². The molecule has 2 aromatic heterocycles. The minimum absolute atomic E-state index is 0.168. The number of hydrogen-bond acceptors (Lipinski definition) is 5. The fourth-order valence-corrected chi connectivity index (χ4v) is 4.46. The molecule has 1 amide bonds. The van der Waals surface area contributed by atoms with Gasteiger partial charge in [0, 0.05) is 29.7 Å². The van der Waals surface area contributed by atoms with Gasteiger partial charge in [-0.1, -0.05) is 36.4 Å². The van der Waals surface area contributed by atoms with Crippen molar-refractivity contribution >= 4 is 34.6 Å². The number of aromatic nitrogens is 3. The van der Waals surface area contributed by atoms with Crippen LogP contribution in [0.15, 0.2) is 89.2 Å². The molecular weight excluding hydrogens is 430 g/mol. The van der Waals surface area contributed by atoms with E-state index in [4.69, 9.17) is 10.1 Å². The van der Waals surface area contributed by atoms with Gasteiger partial charge in [-0.25, -0.2) is 9.67 Å². The van der Waals surface area contributed by atoms with Crippen molar-refractivity contribution in [3.05, 3.63) is 101 Å². The summed E-state index contributed by atoms with van der Waals surface area (Å²) in [5.74, 6) is -0.168. The van der Waals surface area contributed by atoms with Crippen LogP contribution < -0.4 is 5.32 Å². The van der Waals surface area contributed by atoms with E-state index in [9.17, 15) is 4.79 Å². The second kappa shape index (κ2) is 8.88. The Morgan fingerprint density at radius 2 is 1.70 bits per heavy atom. The normalized spacial score (nSPS) is 15.9. The Morgan fingerprint density at radius 3 is 2.42 bits per heavy atom. The number of hydrogen-bond donors (Lipinski definition) is 1. The highest BCUT2D eigenvalue weighted by atomic mass is 32.2. The molecule has 0 unspecified atom stereocenters. The number of nitrogens with zero attached hydrogens (tertiary/aromatic N) is 4. The van der Waals surface area contributed by atoms with Gasteiger partial charge in [-0.15, -0.1) is 0 Å². The molecule has 0 saturated carbocycles. The molecule has 7 heteroatoms. The molecule has 1 fully saturated rings. The summed E-state index contributed by atoms with van der Waals surface area (Å²) in [5, 5.41) is 8.27. The van der Waals surface area contributed by atoms with Gasteiger partial charge in [0.1, 0.15) is 5.69 Å². The molecule has 162 valence electrons. The topological polar surface area (TPSA) is 72.2 Å². The molecule has 5 rings (SSSR count). The Hall–Kier alpha value is -3.97. The number of aliphatic imine (C=N–C) groups is 1. The summed E-state index contributed by atoms with van der Waals surface area (Å²) in [6, 6.07) is 19.8. The highest BCUT2D eigenvalue weighted by Gasteiger charge is 2.25. The largest absolute Gasteiger partial charge is 0.300 e. The van der Waals surface area contributed by atoms with Crippen LogP contribution in [-0.2, 0) is 4.79 Å². The first kappa shape index (κ1) is 20.9. The molecule has 3 heterocycles. The number of rotatable bonds is 4. The van der Waals surface area contributed by atoms with Crippen LogP contribution in [0.5, 0.6) is 0 Å². The SMILES string of the molecule is Cc1cccc(C)c1N=C1NC(=O)/C(=C/c2cn(-c3ccccc3)nc2-c2ccncc2)S1. The molecule has 0 spiro atoms. The molecule has 6 nitrogen and oxygen atoms in total. The second-order valence-corrected chi connectivity index (χ2v) is 8.70. The van der Waals surface area contributed by atoms with Gasteiger partial charge in [0.05, 0.1) is 16.3 Å². The van der Waals surface area contributed by atoms with Gasteiger partial charge < -0.3 is 5.32 Å². The Morgan fingerprint density at radius 1 is 0.970 bits per heavy atom. The molecule has 0 atom stereocenters. The molecule has 33 heavy (non-hydrogen) atoms. The Labute approximate surface area is 196 Å². The van der Waals surface area contributed by atoms with E-state index in [0.29, 0.717) is 10.1 Å². The van der Waals surface area contributed by atoms with Crippen molar-refractivity contribution < 1.29 is 4.79 Å². The Bertz CT molecular complexity index is 1370. The standard InChI is InChI=1S/C26H21N5OS/c1-17-7-6-8-18(2)23(17)28-26-29-25(32)22(33-26)15-20-16-31(21-9-4-3-5-10-21)30-24(20)19-11-13-27-14-12-19/h3-16H,1-2H3,(H,28,29,32)/b22-15-. The highest BCUT2D eigenvalue weighted by molar-refractivity contribution is 8.18. The van der Waals surface area contributed by atoms with Gasteiger partial charge in [0.2, 0.25) is 0 Å². The fourth-order valence-electron chi connectivity index (χ4n) is 3.65. The van der Waals surface area contributed by atoms with Gasteiger partial charge >= 0.3 is 0 Å². The van der Waals surface area contributed by atoms with Crippen LogP contribution >= 0.6 is 11.8 Å². The van der Waals surface area contributed by atoms with Gasteiger partial charge in [-0.2, -0.15) is 5.10 Å². The second-order valence-electron chi connectivity index (χ2n) is 7.67. The number of amides is 1. The van der Waals surface area contributed by atoms with E-state index in [2.05, 4.69) is 10.3 Å². The predicted octanol–water partition coefficient (Wildman–Crippen LogP) is 5.44. The van der Waals surface area contributed by atoms with Crippen LogP contribution in [0.4, 0.5) is 5.69 Å². The molecule has 1 aliphatic rings. The van der Waals surface area contributed by atoms with Crippen molar-refractivity contribution in [2.75, 3.05) is 0 Å². The van der Waals surface area contributed by atoms with Crippen LogP contribution in [0.2, 0.25) is 0 Å². The fraction of sp³-hybridized carbons (Fsp3) is 0.0769. The molecule has 0 aliphatic carbocycles. The number of benzene rings is 2. The average molecular weight is 452 g/mol. The maximum absolute atomic E-state index is 12.8. The van der Waals surface area contributed by atoms with Crippen molar-refractivity contribution in [2.24, 2.45) is 4.99 Å². The van der Waals surface area contributed by atoms with Crippen LogP contribution in [-0.4, -0.2) is 25.8 Å². The van der Waals surface area contributed by atoms with E-state index in [1.165, 1.54) is 11.8 Å². The quantitative estimate of drug-likeness (QED) is 0.419. The minimum atomic E-state index is -0.168. The number of pyridine rings is 1. The summed E-state index contributed by atoms with van der Waals surface area (Å²) >= 11 is 1.34. The van der Waals surface area contributed by atoms with Crippen molar-refractivity contribution in [1.82, 2.24) is 20.1 Å². The number of carbonyl (C=O) groups excluding carboxylic acids is 1. The van der Waals surface area contributed by atoms with Crippen molar-refractivity contribution in [1.29, 1.82) is 0 Å². The molecule has 1 aliphatic heterocycles. The van der Waals surface area contributed by atoms with Crippen molar-refractivity contribution in [3.8, 4) is 16.9 Å². The van der Waals surface area contributed by atoms with E-state index < -0.39 is 0 Å². The molecule has 0 bridgehead atoms. The smallest absolute Gasteiger partial charge is 0.264 e. The number of nitrogens with one attached hydrogen (secondary N) is 1. The summed E-state index contributed by atoms with van der Waals surface area (Å²) in [4.78, 5) is 22.1. The van der Waals surface area contributed by atoms with E-state index in [1.54, 1.807) is 12.4 Å². The van der Waals surface area contributed by atoms with Crippen LogP contribution in [0.1, 0.15) is 16.7 Å². The van der Waals surface area contributed by atoms with Crippen LogP contribution in [0, 0.1) is 13.8 Å². The third-order valence-electron chi connectivity index (χ3n) is 5.31. The van der Waals surface area contributed by atoms with Crippen LogP contribution in [0.25, 0.3) is 23.0 Å². The summed E-state index contributed by atoms with van der Waals surface area (Å²) in [6.45, 7) is 4.03.